The molecule has 106 valence electrons. The van der Waals surface area contributed by atoms with Crippen molar-refractivity contribution in [2.24, 2.45) is 5.73 Å². The predicted molar refractivity (Wildman–Crippen MR) is 78.1 cm³/mol. The first-order chi connectivity index (χ1) is 9.56. The van der Waals surface area contributed by atoms with E-state index in [9.17, 15) is 8.78 Å². The first-order valence-electron chi connectivity index (χ1n) is 6.62. The molecule has 0 amide bonds. The minimum atomic E-state index is -0.398. The summed E-state index contributed by atoms with van der Waals surface area (Å²) in [5.74, 6) is -0.780. The van der Waals surface area contributed by atoms with E-state index in [2.05, 4.69) is 0 Å². The fourth-order valence-electron chi connectivity index (χ4n) is 2.30. The summed E-state index contributed by atoms with van der Waals surface area (Å²) in [5, 5.41) is 0. The highest BCUT2D eigenvalue weighted by molar-refractivity contribution is 5.68. The average Bonchev–Trinajstić information content (AvgIpc) is 2.43. The van der Waals surface area contributed by atoms with Crippen LogP contribution in [0.5, 0.6) is 0 Å². The number of benzene rings is 2. The Hall–Kier alpha value is -1.94. The molecule has 2 aromatic carbocycles. The van der Waals surface area contributed by atoms with Gasteiger partial charge in [0.15, 0.2) is 0 Å². The molecule has 0 radical (unpaired) electrons. The number of anilines is 2. The molecule has 0 aliphatic rings. The minimum Gasteiger partial charge on any atom is -0.337 e. The summed E-state index contributed by atoms with van der Waals surface area (Å²) >= 11 is 0. The second kappa shape index (κ2) is 6.01. The molecule has 0 saturated carbocycles. The van der Waals surface area contributed by atoms with Gasteiger partial charge in [-0.2, -0.15) is 0 Å². The van der Waals surface area contributed by atoms with Gasteiger partial charge in [-0.1, -0.05) is 24.3 Å². The van der Waals surface area contributed by atoms with Crippen LogP contribution < -0.4 is 10.6 Å². The summed E-state index contributed by atoms with van der Waals surface area (Å²) in [6.45, 7) is 4.08. The largest absolute Gasteiger partial charge is 0.337 e. The zero-order valence-electron chi connectivity index (χ0n) is 11.6. The third-order valence-corrected chi connectivity index (χ3v) is 3.24. The van der Waals surface area contributed by atoms with Crippen molar-refractivity contribution in [1.29, 1.82) is 0 Å². The predicted octanol–water partition coefficient (Wildman–Crippen LogP) is 4.14. The Labute approximate surface area is 117 Å². The highest BCUT2D eigenvalue weighted by Crippen LogP contribution is 2.34. The molecule has 0 spiro atoms. The van der Waals surface area contributed by atoms with Crippen molar-refractivity contribution in [3.8, 4) is 0 Å². The molecule has 2 nitrogen and oxygen atoms in total. The lowest BCUT2D eigenvalue weighted by Gasteiger charge is -2.27. The molecule has 0 bridgehead atoms. The van der Waals surface area contributed by atoms with E-state index in [-0.39, 0.29) is 11.9 Å². The molecule has 0 heterocycles. The van der Waals surface area contributed by atoms with Gasteiger partial charge in [0.25, 0.3) is 0 Å². The summed E-state index contributed by atoms with van der Waals surface area (Å²) in [6, 6.07) is 10.8. The van der Waals surface area contributed by atoms with Crippen molar-refractivity contribution in [3.05, 3.63) is 59.7 Å². The van der Waals surface area contributed by atoms with Gasteiger partial charge in [-0.05, 0) is 37.6 Å². The summed E-state index contributed by atoms with van der Waals surface area (Å²) in [5.41, 5.74) is 7.26. The number of rotatable bonds is 4. The highest BCUT2D eigenvalue weighted by Gasteiger charge is 2.20. The monoisotopic (exact) mass is 276 g/mol. The van der Waals surface area contributed by atoms with Gasteiger partial charge in [0.2, 0.25) is 0 Å². The van der Waals surface area contributed by atoms with Crippen molar-refractivity contribution in [2.75, 3.05) is 11.4 Å². The van der Waals surface area contributed by atoms with Crippen LogP contribution >= 0.6 is 0 Å². The van der Waals surface area contributed by atoms with Crippen molar-refractivity contribution < 1.29 is 8.78 Å². The normalized spacial score (nSPS) is 12.2. The first-order valence-corrected chi connectivity index (χ1v) is 6.62. The molecule has 0 aromatic heterocycles. The minimum absolute atomic E-state index is 0.332. The van der Waals surface area contributed by atoms with Crippen molar-refractivity contribution in [1.82, 2.24) is 0 Å². The number of hydrogen-bond acceptors (Lipinski definition) is 2. The van der Waals surface area contributed by atoms with E-state index < -0.39 is 5.82 Å². The molecule has 2 rings (SSSR count). The van der Waals surface area contributed by atoms with Gasteiger partial charge in [0.05, 0.1) is 11.4 Å². The molecule has 1 unspecified atom stereocenters. The zero-order valence-corrected chi connectivity index (χ0v) is 11.6. The second-order valence-corrected chi connectivity index (χ2v) is 4.66. The van der Waals surface area contributed by atoms with E-state index in [1.54, 1.807) is 42.2 Å². The Bertz CT molecular complexity index is 597. The van der Waals surface area contributed by atoms with Crippen LogP contribution in [0.25, 0.3) is 0 Å². The topological polar surface area (TPSA) is 29.3 Å². The third kappa shape index (κ3) is 2.65. The van der Waals surface area contributed by atoms with Crippen LogP contribution in [0.4, 0.5) is 20.2 Å². The fraction of sp³-hybridized carbons (Fsp3) is 0.250. The average molecular weight is 276 g/mol. The summed E-state index contributed by atoms with van der Waals surface area (Å²) in [4.78, 5) is 1.61. The molecule has 0 aliphatic heterocycles. The van der Waals surface area contributed by atoms with Crippen LogP contribution in [-0.4, -0.2) is 6.54 Å². The van der Waals surface area contributed by atoms with E-state index in [1.807, 2.05) is 6.92 Å². The quantitative estimate of drug-likeness (QED) is 0.909. The summed E-state index contributed by atoms with van der Waals surface area (Å²) < 4.78 is 28.2. The number of hydrogen-bond donors (Lipinski definition) is 1. The van der Waals surface area contributed by atoms with Crippen LogP contribution in [0.3, 0.4) is 0 Å². The van der Waals surface area contributed by atoms with Crippen LogP contribution in [0, 0.1) is 11.6 Å². The molecule has 0 saturated heterocycles. The molecule has 2 N–H and O–H groups in total. The Kier molecular flexibility index (Phi) is 4.35. The van der Waals surface area contributed by atoms with Gasteiger partial charge < -0.3 is 10.6 Å². The van der Waals surface area contributed by atoms with Gasteiger partial charge in [-0.25, -0.2) is 8.78 Å². The van der Waals surface area contributed by atoms with Gasteiger partial charge in [0.1, 0.15) is 11.6 Å². The lowest BCUT2D eigenvalue weighted by Crippen LogP contribution is -2.22. The molecule has 2 aromatic rings. The maximum Gasteiger partial charge on any atom is 0.147 e. The lowest BCUT2D eigenvalue weighted by molar-refractivity contribution is 0.610. The summed E-state index contributed by atoms with van der Waals surface area (Å²) in [6.07, 6.45) is 0. The van der Waals surface area contributed by atoms with Crippen LogP contribution in [0.2, 0.25) is 0 Å². The van der Waals surface area contributed by atoms with Crippen LogP contribution in [-0.2, 0) is 0 Å². The Morgan fingerprint density at radius 3 is 2.30 bits per heavy atom. The van der Waals surface area contributed by atoms with Gasteiger partial charge in [0, 0.05) is 12.6 Å². The van der Waals surface area contributed by atoms with Crippen molar-refractivity contribution in [2.45, 2.75) is 19.9 Å². The van der Waals surface area contributed by atoms with Gasteiger partial charge in [-0.3, -0.25) is 0 Å². The van der Waals surface area contributed by atoms with Crippen molar-refractivity contribution in [3.63, 3.8) is 0 Å². The van der Waals surface area contributed by atoms with E-state index >= 15 is 0 Å². The maximum absolute atomic E-state index is 14.2. The van der Waals surface area contributed by atoms with Crippen molar-refractivity contribution >= 4 is 11.4 Å². The number of halogens is 2. The lowest BCUT2D eigenvalue weighted by atomic mass is 10.0. The van der Waals surface area contributed by atoms with E-state index in [1.165, 1.54) is 12.1 Å². The summed E-state index contributed by atoms with van der Waals surface area (Å²) in [7, 11) is 0. The van der Waals surface area contributed by atoms with E-state index in [0.29, 0.717) is 23.5 Å². The molecule has 0 fully saturated rings. The Morgan fingerprint density at radius 1 is 1.05 bits per heavy atom. The van der Waals surface area contributed by atoms with E-state index in [0.717, 1.165) is 0 Å². The first kappa shape index (κ1) is 14.5. The molecule has 0 aliphatic carbocycles. The van der Waals surface area contributed by atoms with Gasteiger partial charge in [-0.15, -0.1) is 0 Å². The molecular weight excluding hydrogens is 258 g/mol. The third-order valence-electron chi connectivity index (χ3n) is 3.24. The molecule has 1 atom stereocenters. The Balaban J connectivity index is 2.61. The van der Waals surface area contributed by atoms with Crippen LogP contribution in [0.15, 0.2) is 42.5 Å². The standard InChI is InChI=1S/C16H18F2N2/c1-3-20(15-10-5-4-8-13(15)17)16-12(11(2)19)7-6-9-14(16)18/h4-11H,3,19H2,1-2H3. The van der Waals surface area contributed by atoms with E-state index in [4.69, 9.17) is 5.73 Å². The molecular formula is C16H18F2N2. The highest BCUT2D eigenvalue weighted by atomic mass is 19.1. The Morgan fingerprint density at radius 2 is 1.70 bits per heavy atom. The number of para-hydroxylation sites is 2. The number of nitrogens with zero attached hydrogens (tertiary/aromatic N) is 1. The maximum atomic E-state index is 14.2. The second-order valence-electron chi connectivity index (χ2n) is 4.66. The SMILES string of the molecule is CCN(c1ccccc1F)c1c(F)cccc1C(C)N. The number of nitrogens with two attached hydrogens (primary N) is 1. The zero-order chi connectivity index (χ0) is 14.7. The molecule has 4 heteroatoms. The van der Waals surface area contributed by atoms with Crippen LogP contribution in [0.1, 0.15) is 25.5 Å². The van der Waals surface area contributed by atoms with Gasteiger partial charge >= 0.3 is 0 Å². The fourth-order valence-corrected chi connectivity index (χ4v) is 2.30. The molecule has 20 heavy (non-hydrogen) atoms. The smallest absolute Gasteiger partial charge is 0.147 e.